The number of aromatic nitrogens is 2. The van der Waals surface area contributed by atoms with Gasteiger partial charge < -0.3 is 15.7 Å². The third kappa shape index (κ3) is 2.26. The number of carbonyl (C=O) groups excluding carboxylic acids is 1. The van der Waals surface area contributed by atoms with Crippen LogP contribution in [0.25, 0.3) is 0 Å². The second-order valence-corrected chi connectivity index (χ2v) is 4.76. The lowest BCUT2D eigenvalue weighted by Crippen LogP contribution is -2.34. The molecular formula is C11H18N4O2. The van der Waals surface area contributed by atoms with Gasteiger partial charge in [-0.1, -0.05) is 0 Å². The van der Waals surface area contributed by atoms with Crippen molar-refractivity contribution in [3.63, 3.8) is 0 Å². The summed E-state index contributed by atoms with van der Waals surface area (Å²) < 4.78 is 1.64. The summed E-state index contributed by atoms with van der Waals surface area (Å²) in [5, 5.41) is 14.0. The number of hydrogen-bond acceptors (Lipinski definition) is 4. The summed E-state index contributed by atoms with van der Waals surface area (Å²) in [6, 6.07) is 0. The minimum absolute atomic E-state index is 0.201. The number of nitrogens with two attached hydrogens (primary N) is 1. The smallest absolute Gasteiger partial charge is 0.276 e. The molecule has 0 saturated carbocycles. The standard InChI is InChI=1S/C11H18N4O2/c1-3-15-6-8(12)9(13-15)10(16)14-5-4-11(2,17)7-14/h6,17H,3-5,7,12H2,1-2H3. The lowest BCUT2D eigenvalue weighted by atomic mass is 10.1. The van der Waals surface area contributed by atoms with E-state index in [0.29, 0.717) is 31.7 Å². The van der Waals surface area contributed by atoms with Gasteiger partial charge in [0.2, 0.25) is 0 Å². The lowest BCUT2D eigenvalue weighted by molar-refractivity contribution is 0.0569. The minimum Gasteiger partial charge on any atom is -0.396 e. The Bertz CT molecular complexity index is 439. The van der Waals surface area contributed by atoms with Gasteiger partial charge in [0, 0.05) is 25.8 Å². The summed E-state index contributed by atoms with van der Waals surface area (Å²) in [5.41, 5.74) is 5.64. The third-order valence-corrected chi connectivity index (χ3v) is 3.06. The first-order valence-electron chi connectivity index (χ1n) is 5.77. The molecule has 0 bridgehead atoms. The van der Waals surface area contributed by atoms with Crippen LogP contribution in [0.3, 0.4) is 0 Å². The molecule has 1 fully saturated rings. The van der Waals surface area contributed by atoms with E-state index in [-0.39, 0.29) is 11.6 Å². The number of likely N-dealkylation sites (tertiary alicyclic amines) is 1. The van der Waals surface area contributed by atoms with Crippen molar-refractivity contribution in [1.82, 2.24) is 14.7 Å². The first kappa shape index (κ1) is 11.9. The zero-order valence-corrected chi connectivity index (χ0v) is 10.2. The maximum atomic E-state index is 12.1. The summed E-state index contributed by atoms with van der Waals surface area (Å²) in [7, 11) is 0. The number of aliphatic hydroxyl groups is 1. The Morgan fingerprint density at radius 3 is 2.88 bits per heavy atom. The topological polar surface area (TPSA) is 84.4 Å². The van der Waals surface area contributed by atoms with E-state index in [9.17, 15) is 9.90 Å². The fraction of sp³-hybridized carbons (Fsp3) is 0.636. The monoisotopic (exact) mass is 238 g/mol. The van der Waals surface area contributed by atoms with E-state index in [1.807, 2.05) is 6.92 Å². The van der Waals surface area contributed by atoms with Crippen LogP contribution in [0, 0.1) is 0 Å². The third-order valence-electron chi connectivity index (χ3n) is 3.06. The summed E-state index contributed by atoms with van der Waals surface area (Å²) >= 11 is 0. The summed E-state index contributed by atoms with van der Waals surface area (Å²) in [4.78, 5) is 13.7. The van der Waals surface area contributed by atoms with Crippen molar-refractivity contribution >= 4 is 11.6 Å². The Hall–Kier alpha value is -1.56. The van der Waals surface area contributed by atoms with Crippen LogP contribution in [0.15, 0.2) is 6.20 Å². The van der Waals surface area contributed by atoms with Crippen LogP contribution in [-0.4, -0.2) is 44.4 Å². The quantitative estimate of drug-likeness (QED) is 0.764. The van der Waals surface area contributed by atoms with Crippen molar-refractivity contribution < 1.29 is 9.90 Å². The first-order valence-corrected chi connectivity index (χ1v) is 5.77. The van der Waals surface area contributed by atoms with Gasteiger partial charge in [0.25, 0.3) is 5.91 Å². The van der Waals surface area contributed by atoms with Gasteiger partial charge in [0.1, 0.15) is 0 Å². The number of hydrogen-bond donors (Lipinski definition) is 2. The molecule has 1 atom stereocenters. The summed E-state index contributed by atoms with van der Waals surface area (Å²) in [6.07, 6.45) is 2.24. The number of rotatable bonds is 2. The minimum atomic E-state index is -0.794. The highest BCUT2D eigenvalue weighted by Gasteiger charge is 2.35. The summed E-state index contributed by atoms with van der Waals surface area (Å²) in [6.45, 7) is 5.22. The van der Waals surface area contributed by atoms with E-state index in [0.717, 1.165) is 0 Å². The Morgan fingerprint density at radius 2 is 2.41 bits per heavy atom. The molecule has 1 aromatic rings. The van der Waals surface area contributed by atoms with Crippen LogP contribution in [0.1, 0.15) is 30.8 Å². The molecule has 1 unspecified atom stereocenters. The fourth-order valence-corrected chi connectivity index (χ4v) is 2.03. The molecule has 0 spiro atoms. The molecule has 2 rings (SSSR count). The number of anilines is 1. The van der Waals surface area contributed by atoms with Crippen molar-refractivity contribution in [1.29, 1.82) is 0 Å². The highest BCUT2D eigenvalue weighted by atomic mass is 16.3. The van der Waals surface area contributed by atoms with Crippen LogP contribution < -0.4 is 5.73 Å². The number of carbonyl (C=O) groups is 1. The largest absolute Gasteiger partial charge is 0.396 e. The number of amides is 1. The molecule has 0 aromatic carbocycles. The highest BCUT2D eigenvalue weighted by molar-refractivity contribution is 5.97. The average Bonchev–Trinajstić information content (AvgIpc) is 2.80. The Balaban J connectivity index is 2.17. The van der Waals surface area contributed by atoms with Gasteiger partial charge in [0.05, 0.1) is 11.3 Å². The van der Waals surface area contributed by atoms with E-state index in [2.05, 4.69) is 5.10 Å². The van der Waals surface area contributed by atoms with E-state index < -0.39 is 5.60 Å². The summed E-state index contributed by atoms with van der Waals surface area (Å²) in [5.74, 6) is -0.201. The van der Waals surface area contributed by atoms with Crippen LogP contribution in [-0.2, 0) is 6.54 Å². The van der Waals surface area contributed by atoms with Gasteiger partial charge in [-0.3, -0.25) is 9.48 Å². The van der Waals surface area contributed by atoms with Crippen LogP contribution in [0.2, 0.25) is 0 Å². The normalized spacial score (nSPS) is 24.3. The molecule has 6 heteroatoms. The molecule has 1 saturated heterocycles. The van der Waals surface area contributed by atoms with Crippen molar-refractivity contribution in [2.24, 2.45) is 0 Å². The van der Waals surface area contributed by atoms with E-state index in [1.165, 1.54) is 0 Å². The maximum absolute atomic E-state index is 12.1. The second-order valence-electron chi connectivity index (χ2n) is 4.76. The molecule has 1 amide bonds. The molecule has 6 nitrogen and oxygen atoms in total. The SMILES string of the molecule is CCn1cc(N)c(C(=O)N2CCC(C)(O)C2)n1. The van der Waals surface area contributed by atoms with E-state index in [4.69, 9.17) is 5.73 Å². The van der Waals surface area contributed by atoms with Gasteiger partial charge in [-0.2, -0.15) is 5.10 Å². The predicted octanol–water partition coefficient (Wildman–Crippen LogP) is 0.0821. The highest BCUT2D eigenvalue weighted by Crippen LogP contribution is 2.23. The van der Waals surface area contributed by atoms with Crippen LogP contribution in [0.5, 0.6) is 0 Å². The van der Waals surface area contributed by atoms with Crippen LogP contribution in [0.4, 0.5) is 5.69 Å². The zero-order valence-electron chi connectivity index (χ0n) is 10.2. The number of aryl methyl sites for hydroxylation is 1. The van der Waals surface area contributed by atoms with Crippen molar-refractivity contribution in [3.8, 4) is 0 Å². The molecule has 0 radical (unpaired) electrons. The van der Waals surface area contributed by atoms with Gasteiger partial charge in [-0.25, -0.2) is 0 Å². The molecule has 17 heavy (non-hydrogen) atoms. The van der Waals surface area contributed by atoms with Crippen LogP contribution >= 0.6 is 0 Å². The average molecular weight is 238 g/mol. The van der Waals surface area contributed by atoms with Crippen molar-refractivity contribution in [2.45, 2.75) is 32.4 Å². The molecule has 2 heterocycles. The Morgan fingerprint density at radius 1 is 1.71 bits per heavy atom. The fourth-order valence-electron chi connectivity index (χ4n) is 2.03. The molecule has 1 aliphatic heterocycles. The maximum Gasteiger partial charge on any atom is 0.276 e. The van der Waals surface area contributed by atoms with Crippen molar-refractivity contribution in [3.05, 3.63) is 11.9 Å². The molecule has 0 aliphatic carbocycles. The van der Waals surface area contributed by atoms with Gasteiger partial charge in [0.15, 0.2) is 5.69 Å². The first-order chi connectivity index (χ1) is 7.93. The Kier molecular flexibility index (Phi) is 2.82. The predicted molar refractivity (Wildman–Crippen MR) is 63.5 cm³/mol. The molecular weight excluding hydrogens is 220 g/mol. The van der Waals surface area contributed by atoms with Gasteiger partial charge >= 0.3 is 0 Å². The number of nitrogens with zero attached hydrogens (tertiary/aromatic N) is 3. The number of nitrogen functional groups attached to an aromatic ring is 1. The molecule has 94 valence electrons. The number of β-amino-alcohol motifs (C(OH)–C–C–N with tert-alkyl or cyclic N) is 1. The van der Waals surface area contributed by atoms with Crippen molar-refractivity contribution in [2.75, 3.05) is 18.8 Å². The van der Waals surface area contributed by atoms with Gasteiger partial charge in [-0.05, 0) is 20.3 Å². The van der Waals surface area contributed by atoms with E-state index >= 15 is 0 Å². The zero-order chi connectivity index (χ0) is 12.6. The second kappa shape index (κ2) is 4.03. The van der Waals surface area contributed by atoms with Gasteiger partial charge in [-0.15, -0.1) is 0 Å². The van der Waals surface area contributed by atoms with E-state index in [1.54, 1.807) is 22.7 Å². The molecule has 1 aromatic heterocycles. The Labute approximate surface area is 100 Å². The lowest BCUT2D eigenvalue weighted by Gasteiger charge is -2.18. The molecule has 3 N–H and O–H groups in total. The molecule has 1 aliphatic rings.